The maximum atomic E-state index is 14.0. The summed E-state index contributed by atoms with van der Waals surface area (Å²) in [4.78, 5) is 12.7. The van der Waals surface area contributed by atoms with E-state index in [2.05, 4.69) is 0 Å². The van der Waals surface area contributed by atoms with Crippen molar-refractivity contribution in [3.05, 3.63) is 60.2 Å². The second-order valence-corrected chi connectivity index (χ2v) is 7.92. The molecule has 0 aliphatic rings. The standard InChI is InChI=1S/C22H16F13NO/c1-36(16(37)15-9-7-14(8-10-15)13-5-3-2-4-6-13)12-11-17(23,24)18(25,26)19(27,28)20(29,30)21(31,32)22(33,34)35/h2-10H,11-12H2,1H3. The number of rotatable bonds is 9. The molecular weight excluding hydrogens is 541 g/mol. The Labute approximate surface area is 200 Å². The summed E-state index contributed by atoms with van der Waals surface area (Å²) in [5, 5.41) is 0. The summed E-state index contributed by atoms with van der Waals surface area (Å²) < 4.78 is 171. The molecule has 0 atom stereocenters. The van der Waals surface area contributed by atoms with Crippen LogP contribution in [0.2, 0.25) is 0 Å². The fourth-order valence-corrected chi connectivity index (χ4v) is 3.02. The molecule has 2 aromatic rings. The Hall–Kier alpha value is -3.00. The quantitative estimate of drug-likeness (QED) is 0.292. The zero-order valence-electron chi connectivity index (χ0n) is 18.4. The predicted octanol–water partition coefficient (Wildman–Crippen LogP) is 7.55. The van der Waals surface area contributed by atoms with Gasteiger partial charge in [0.2, 0.25) is 0 Å². The molecule has 0 saturated carbocycles. The normalized spacial score (nSPS) is 14.0. The number of carbonyl (C=O) groups is 1. The Morgan fingerprint density at radius 2 is 1.05 bits per heavy atom. The lowest BCUT2D eigenvalue weighted by Crippen LogP contribution is -2.70. The molecule has 15 heteroatoms. The Kier molecular flexibility index (Phi) is 7.93. The molecule has 0 unspecified atom stereocenters. The number of alkyl halides is 13. The van der Waals surface area contributed by atoms with Crippen LogP contribution in [0.5, 0.6) is 0 Å². The third kappa shape index (κ3) is 5.21. The maximum absolute atomic E-state index is 14.0. The van der Waals surface area contributed by atoms with E-state index in [1.54, 1.807) is 30.3 Å². The van der Waals surface area contributed by atoms with Gasteiger partial charge in [0.25, 0.3) is 5.91 Å². The summed E-state index contributed by atoms with van der Waals surface area (Å²) in [5.74, 6) is -38.3. The fourth-order valence-electron chi connectivity index (χ4n) is 3.02. The number of amides is 1. The van der Waals surface area contributed by atoms with Crippen LogP contribution in [-0.2, 0) is 0 Å². The highest BCUT2D eigenvalue weighted by atomic mass is 19.4. The van der Waals surface area contributed by atoms with Gasteiger partial charge in [-0.3, -0.25) is 4.79 Å². The van der Waals surface area contributed by atoms with Crippen molar-refractivity contribution in [3.63, 3.8) is 0 Å². The largest absolute Gasteiger partial charge is 0.460 e. The number of carbonyl (C=O) groups excluding carboxylic acids is 1. The molecule has 0 heterocycles. The summed E-state index contributed by atoms with van der Waals surface area (Å²) >= 11 is 0. The Morgan fingerprint density at radius 3 is 1.51 bits per heavy atom. The average Bonchev–Trinajstić information content (AvgIpc) is 2.81. The Balaban J connectivity index is 2.20. The molecule has 0 aliphatic carbocycles. The first-order valence-corrected chi connectivity index (χ1v) is 9.98. The molecule has 0 saturated heterocycles. The van der Waals surface area contributed by atoms with Crippen LogP contribution in [0.15, 0.2) is 54.6 Å². The van der Waals surface area contributed by atoms with E-state index >= 15 is 0 Å². The third-order valence-corrected chi connectivity index (χ3v) is 5.35. The van der Waals surface area contributed by atoms with Crippen molar-refractivity contribution in [1.29, 1.82) is 0 Å². The van der Waals surface area contributed by atoms with Gasteiger partial charge < -0.3 is 4.90 Å². The first kappa shape index (κ1) is 30.2. The molecule has 0 fully saturated rings. The van der Waals surface area contributed by atoms with E-state index in [1.807, 2.05) is 0 Å². The van der Waals surface area contributed by atoms with Crippen LogP contribution in [0, 0.1) is 0 Å². The van der Waals surface area contributed by atoms with Gasteiger partial charge in [-0.25, -0.2) is 0 Å². The van der Waals surface area contributed by atoms with Crippen molar-refractivity contribution in [2.45, 2.75) is 42.2 Å². The van der Waals surface area contributed by atoms with Crippen molar-refractivity contribution in [2.75, 3.05) is 13.6 Å². The lowest BCUT2D eigenvalue weighted by Gasteiger charge is -2.40. The molecular formula is C22H16F13NO. The molecule has 0 aromatic heterocycles. The van der Waals surface area contributed by atoms with E-state index in [-0.39, 0.29) is 5.56 Å². The van der Waals surface area contributed by atoms with Gasteiger partial charge >= 0.3 is 35.8 Å². The molecule has 0 N–H and O–H groups in total. The van der Waals surface area contributed by atoms with E-state index in [0.717, 1.165) is 12.6 Å². The minimum absolute atomic E-state index is 0.182. The van der Waals surface area contributed by atoms with Gasteiger partial charge in [0.15, 0.2) is 0 Å². The van der Waals surface area contributed by atoms with Gasteiger partial charge in [0.1, 0.15) is 0 Å². The number of hydrogen-bond acceptors (Lipinski definition) is 1. The van der Waals surface area contributed by atoms with Crippen LogP contribution in [-0.4, -0.2) is 60.2 Å². The highest BCUT2D eigenvalue weighted by Gasteiger charge is 2.90. The van der Waals surface area contributed by atoms with Gasteiger partial charge in [0, 0.05) is 25.6 Å². The minimum atomic E-state index is -7.95. The van der Waals surface area contributed by atoms with Crippen molar-refractivity contribution in [2.24, 2.45) is 0 Å². The fraction of sp³-hybridized carbons (Fsp3) is 0.409. The summed E-state index contributed by atoms with van der Waals surface area (Å²) in [5.41, 5.74) is 1.16. The van der Waals surface area contributed by atoms with E-state index in [0.29, 0.717) is 10.5 Å². The first-order valence-electron chi connectivity index (χ1n) is 9.98. The highest BCUT2D eigenvalue weighted by Crippen LogP contribution is 2.60. The van der Waals surface area contributed by atoms with E-state index in [9.17, 15) is 61.9 Å². The van der Waals surface area contributed by atoms with Crippen LogP contribution in [0.25, 0.3) is 11.1 Å². The summed E-state index contributed by atoms with van der Waals surface area (Å²) in [7, 11) is 0.756. The molecule has 0 spiro atoms. The average molecular weight is 557 g/mol. The summed E-state index contributed by atoms with van der Waals surface area (Å²) in [6.07, 6.45) is -9.94. The van der Waals surface area contributed by atoms with Crippen LogP contribution in [0.3, 0.4) is 0 Å². The first-order chi connectivity index (χ1) is 16.6. The van der Waals surface area contributed by atoms with Gasteiger partial charge in [-0.1, -0.05) is 42.5 Å². The third-order valence-electron chi connectivity index (χ3n) is 5.35. The van der Waals surface area contributed by atoms with Gasteiger partial charge in [0.05, 0.1) is 0 Å². The van der Waals surface area contributed by atoms with Crippen molar-refractivity contribution in [3.8, 4) is 11.1 Å². The smallest absolute Gasteiger partial charge is 0.341 e. The van der Waals surface area contributed by atoms with E-state index in [4.69, 9.17) is 0 Å². The molecule has 2 nitrogen and oxygen atoms in total. The van der Waals surface area contributed by atoms with E-state index in [1.165, 1.54) is 24.3 Å². The van der Waals surface area contributed by atoms with Crippen molar-refractivity contribution < 1.29 is 61.9 Å². The van der Waals surface area contributed by atoms with Crippen LogP contribution >= 0.6 is 0 Å². The number of hydrogen-bond donors (Lipinski definition) is 0. The minimum Gasteiger partial charge on any atom is -0.341 e. The second-order valence-electron chi connectivity index (χ2n) is 7.92. The molecule has 0 radical (unpaired) electrons. The molecule has 1 amide bonds. The van der Waals surface area contributed by atoms with E-state index < -0.39 is 54.7 Å². The molecule has 0 aliphatic heterocycles. The van der Waals surface area contributed by atoms with Crippen molar-refractivity contribution >= 4 is 5.91 Å². The number of halogens is 13. The van der Waals surface area contributed by atoms with Gasteiger partial charge in [-0.15, -0.1) is 0 Å². The monoisotopic (exact) mass is 557 g/mol. The summed E-state index contributed by atoms with van der Waals surface area (Å²) in [6, 6.07) is 13.9. The SMILES string of the molecule is CN(CCC(F)(F)C(F)(F)C(F)(F)C(F)(F)C(F)(F)C(F)(F)F)C(=O)c1ccc(-c2ccccc2)cc1. The predicted molar refractivity (Wildman–Crippen MR) is 104 cm³/mol. The second kappa shape index (κ2) is 9.71. The number of benzene rings is 2. The number of nitrogens with zero attached hydrogens (tertiary/aromatic N) is 1. The zero-order valence-corrected chi connectivity index (χ0v) is 18.4. The molecule has 206 valence electrons. The van der Waals surface area contributed by atoms with Crippen molar-refractivity contribution in [1.82, 2.24) is 4.90 Å². The van der Waals surface area contributed by atoms with Crippen LogP contribution < -0.4 is 0 Å². The molecule has 0 bridgehead atoms. The highest BCUT2D eigenvalue weighted by molar-refractivity contribution is 5.94. The Morgan fingerprint density at radius 1 is 0.622 bits per heavy atom. The molecule has 37 heavy (non-hydrogen) atoms. The van der Waals surface area contributed by atoms with Crippen LogP contribution in [0.4, 0.5) is 57.1 Å². The van der Waals surface area contributed by atoms with Gasteiger partial charge in [-0.2, -0.15) is 57.1 Å². The zero-order chi connectivity index (χ0) is 28.7. The summed E-state index contributed by atoms with van der Waals surface area (Å²) in [6.45, 7) is -1.49. The lowest BCUT2D eigenvalue weighted by atomic mass is 9.92. The molecule has 2 rings (SSSR count). The van der Waals surface area contributed by atoms with Gasteiger partial charge in [-0.05, 0) is 23.3 Å². The van der Waals surface area contributed by atoms with Crippen LogP contribution in [0.1, 0.15) is 16.8 Å². The lowest BCUT2D eigenvalue weighted by molar-refractivity contribution is -0.440. The topological polar surface area (TPSA) is 20.3 Å². The Bertz CT molecular complexity index is 1080. The maximum Gasteiger partial charge on any atom is 0.460 e. The molecule has 2 aromatic carbocycles.